The van der Waals surface area contributed by atoms with Crippen LogP contribution in [0.3, 0.4) is 0 Å². The molecule has 2 rings (SSSR count). The summed E-state index contributed by atoms with van der Waals surface area (Å²) in [5.41, 5.74) is 0.518. The SMILES string of the molecule is CCNC(=O)Nc1cn(-c2cccc(F)c2)cc1C(=O)O. The molecule has 0 aliphatic heterocycles. The highest BCUT2D eigenvalue weighted by Crippen LogP contribution is 2.21. The Balaban J connectivity index is 2.37. The van der Waals surface area contributed by atoms with Crippen molar-refractivity contribution in [1.82, 2.24) is 9.88 Å². The van der Waals surface area contributed by atoms with Crippen LogP contribution in [0.25, 0.3) is 5.69 Å². The molecule has 0 saturated heterocycles. The van der Waals surface area contributed by atoms with Gasteiger partial charge in [-0.2, -0.15) is 0 Å². The fourth-order valence-corrected chi connectivity index (χ4v) is 1.84. The summed E-state index contributed by atoms with van der Waals surface area (Å²) in [6, 6.07) is 5.20. The number of urea groups is 1. The summed E-state index contributed by atoms with van der Waals surface area (Å²) < 4.78 is 14.7. The zero-order chi connectivity index (χ0) is 15.4. The van der Waals surface area contributed by atoms with E-state index in [0.29, 0.717) is 12.2 Å². The molecule has 2 aromatic rings. The molecule has 1 aromatic carbocycles. The van der Waals surface area contributed by atoms with Gasteiger partial charge in [0.25, 0.3) is 0 Å². The summed E-state index contributed by atoms with van der Waals surface area (Å²) in [5, 5.41) is 14.1. The van der Waals surface area contributed by atoms with E-state index in [4.69, 9.17) is 5.11 Å². The highest BCUT2D eigenvalue weighted by molar-refractivity contribution is 6.00. The first-order valence-electron chi connectivity index (χ1n) is 6.27. The van der Waals surface area contributed by atoms with Crippen LogP contribution in [0.1, 0.15) is 17.3 Å². The van der Waals surface area contributed by atoms with Gasteiger partial charge in [0.1, 0.15) is 11.4 Å². The Bertz CT molecular complexity index is 682. The predicted molar refractivity (Wildman–Crippen MR) is 75.4 cm³/mol. The number of aromatic nitrogens is 1. The highest BCUT2D eigenvalue weighted by Gasteiger charge is 2.16. The Morgan fingerprint density at radius 1 is 1.33 bits per heavy atom. The van der Waals surface area contributed by atoms with Crippen LogP contribution in [0, 0.1) is 5.82 Å². The van der Waals surface area contributed by atoms with Gasteiger partial charge in [0.2, 0.25) is 0 Å². The highest BCUT2D eigenvalue weighted by atomic mass is 19.1. The van der Waals surface area contributed by atoms with Crippen molar-refractivity contribution in [2.45, 2.75) is 6.92 Å². The zero-order valence-electron chi connectivity index (χ0n) is 11.3. The molecule has 2 amide bonds. The van der Waals surface area contributed by atoms with Gasteiger partial charge in [-0.25, -0.2) is 14.0 Å². The number of carboxylic acid groups (broad SMARTS) is 1. The number of halogens is 1. The van der Waals surface area contributed by atoms with Crippen LogP contribution in [0.5, 0.6) is 0 Å². The fourth-order valence-electron chi connectivity index (χ4n) is 1.84. The van der Waals surface area contributed by atoms with Crippen LogP contribution >= 0.6 is 0 Å². The molecule has 0 saturated carbocycles. The minimum absolute atomic E-state index is 0.0782. The lowest BCUT2D eigenvalue weighted by Gasteiger charge is -2.04. The number of carbonyl (C=O) groups is 2. The van der Waals surface area contributed by atoms with Crippen LogP contribution in [0.4, 0.5) is 14.9 Å². The molecule has 0 aliphatic rings. The molecule has 110 valence electrons. The van der Waals surface area contributed by atoms with Crippen LogP contribution < -0.4 is 10.6 Å². The number of anilines is 1. The maximum Gasteiger partial charge on any atom is 0.339 e. The van der Waals surface area contributed by atoms with E-state index < -0.39 is 17.8 Å². The molecule has 0 radical (unpaired) electrons. The van der Waals surface area contributed by atoms with Crippen molar-refractivity contribution in [2.24, 2.45) is 0 Å². The van der Waals surface area contributed by atoms with E-state index in [0.717, 1.165) is 0 Å². The van der Waals surface area contributed by atoms with Crippen molar-refractivity contribution in [2.75, 3.05) is 11.9 Å². The Labute approximate surface area is 120 Å². The molecule has 1 aromatic heterocycles. The summed E-state index contributed by atoms with van der Waals surface area (Å²) in [5.74, 6) is -1.62. The average Bonchev–Trinajstić information content (AvgIpc) is 2.83. The number of carboxylic acids is 1. The van der Waals surface area contributed by atoms with E-state index in [1.54, 1.807) is 13.0 Å². The minimum atomic E-state index is -1.18. The van der Waals surface area contributed by atoms with Gasteiger partial charge in [-0.05, 0) is 25.1 Å². The fraction of sp³-hybridized carbons (Fsp3) is 0.143. The van der Waals surface area contributed by atoms with Gasteiger partial charge in [-0.15, -0.1) is 0 Å². The topological polar surface area (TPSA) is 83.4 Å². The Morgan fingerprint density at radius 3 is 2.71 bits per heavy atom. The summed E-state index contributed by atoms with van der Waals surface area (Å²) in [7, 11) is 0. The second-order valence-corrected chi connectivity index (χ2v) is 4.26. The summed E-state index contributed by atoms with van der Waals surface area (Å²) in [6.45, 7) is 2.16. The lowest BCUT2D eigenvalue weighted by molar-refractivity contribution is 0.0698. The third kappa shape index (κ3) is 3.38. The molecule has 6 nitrogen and oxygen atoms in total. The monoisotopic (exact) mass is 291 g/mol. The maximum absolute atomic E-state index is 13.2. The third-order valence-electron chi connectivity index (χ3n) is 2.75. The van der Waals surface area contributed by atoms with Gasteiger partial charge in [0.05, 0.1) is 5.69 Å². The molecule has 0 spiro atoms. The lowest BCUT2D eigenvalue weighted by atomic mass is 10.3. The van der Waals surface area contributed by atoms with Crippen molar-refractivity contribution >= 4 is 17.7 Å². The van der Waals surface area contributed by atoms with E-state index in [9.17, 15) is 14.0 Å². The molecular formula is C14H14FN3O3. The van der Waals surface area contributed by atoms with Crippen molar-refractivity contribution in [3.63, 3.8) is 0 Å². The molecule has 21 heavy (non-hydrogen) atoms. The first-order chi connectivity index (χ1) is 10.0. The molecule has 1 heterocycles. The number of hydrogen-bond donors (Lipinski definition) is 3. The van der Waals surface area contributed by atoms with E-state index in [1.807, 2.05) is 0 Å². The minimum Gasteiger partial charge on any atom is -0.478 e. The van der Waals surface area contributed by atoms with E-state index in [1.165, 1.54) is 35.2 Å². The van der Waals surface area contributed by atoms with E-state index >= 15 is 0 Å². The number of nitrogens with zero attached hydrogens (tertiary/aromatic N) is 1. The van der Waals surface area contributed by atoms with Crippen LogP contribution in [0.2, 0.25) is 0 Å². The standard InChI is InChI=1S/C14H14FN3O3/c1-2-16-14(21)17-12-8-18(7-11(12)13(19)20)10-5-3-4-9(15)6-10/h3-8H,2H2,1H3,(H,19,20)(H2,16,17,21). The largest absolute Gasteiger partial charge is 0.478 e. The maximum atomic E-state index is 13.2. The zero-order valence-corrected chi connectivity index (χ0v) is 11.3. The molecule has 7 heteroatoms. The summed E-state index contributed by atoms with van der Waals surface area (Å²) in [4.78, 5) is 22.7. The van der Waals surface area contributed by atoms with Gasteiger partial charge in [-0.1, -0.05) is 6.07 Å². The summed E-state index contributed by atoms with van der Waals surface area (Å²) in [6.07, 6.45) is 2.74. The van der Waals surface area contributed by atoms with Gasteiger partial charge >= 0.3 is 12.0 Å². The number of benzene rings is 1. The quantitative estimate of drug-likeness (QED) is 0.809. The van der Waals surface area contributed by atoms with E-state index in [-0.39, 0.29) is 11.3 Å². The Hall–Kier alpha value is -2.83. The number of hydrogen-bond acceptors (Lipinski definition) is 2. The summed E-state index contributed by atoms with van der Waals surface area (Å²) >= 11 is 0. The molecule has 0 atom stereocenters. The van der Waals surface area contributed by atoms with Gasteiger partial charge < -0.3 is 20.3 Å². The number of aromatic carboxylic acids is 1. The number of nitrogens with one attached hydrogen (secondary N) is 2. The Morgan fingerprint density at radius 2 is 2.10 bits per heavy atom. The first-order valence-corrected chi connectivity index (χ1v) is 6.27. The molecular weight excluding hydrogens is 277 g/mol. The number of carbonyl (C=O) groups excluding carboxylic acids is 1. The normalized spacial score (nSPS) is 10.2. The third-order valence-corrected chi connectivity index (χ3v) is 2.75. The predicted octanol–water partition coefficient (Wildman–Crippen LogP) is 2.46. The average molecular weight is 291 g/mol. The van der Waals surface area contributed by atoms with Crippen LogP contribution in [-0.2, 0) is 0 Å². The van der Waals surface area contributed by atoms with Crippen LogP contribution in [0.15, 0.2) is 36.7 Å². The van der Waals surface area contributed by atoms with Crippen molar-refractivity contribution in [3.8, 4) is 5.69 Å². The van der Waals surface area contributed by atoms with Crippen molar-refractivity contribution in [1.29, 1.82) is 0 Å². The Kier molecular flexibility index (Phi) is 4.22. The molecule has 0 bridgehead atoms. The molecule has 0 fully saturated rings. The molecule has 0 unspecified atom stereocenters. The van der Waals surface area contributed by atoms with Gasteiger partial charge in [0.15, 0.2) is 0 Å². The van der Waals surface area contributed by atoms with Crippen molar-refractivity contribution in [3.05, 3.63) is 48.0 Å². The lowest BCUT2D eigenvalue weighted by Crippen LogP contribution is -2.28. The number of rotatable bonds is 4. The first kappa shape index (κ1) is 14.6. The number of amides is 2. The molecule has 3 N–H and O–H groups in total. The van der Waals surface area contributed by atoms with Crippen molar-refractivity contribution < 1.29 is 19.1 Å². The van der Waals surface area contributed by atoms with Crippen LogP contribution in [-0.4, -0.2) is 28.2 Å². The van der Waals surface area contributed by atoms with E-state index in [2.05, 4.69) is 10.6 Å². The second-order valence-electron chi connectivity index (χ2n) is 4.26. The second kappa shape index (κ2) is 6.08. The van der Waals surface area contributed by atoms with Gasteiger partial charge in [0, 0.05) is 24.6 Å². The molecule has 0 aliphatic carbocycles. The van der Waals surface area contributed by atoms with Gasteiger partial charge in [-0.3, -0.25) is 0 Å². The smallest absolute Gasteiger partial charge is 0.339 e.